The fraction of sp³-hybridized carbons (Fsp3) is 0.390. The number of carbonyl (C=O) groups excluding carboxylic acids is 2. The number of aromatic nitrogens is 1. The van der Waals surface area contributed by atoms with E-state index in [0.29, 0.717) is 25.2 Å². The summed E-state index contributed by atoms with van der Waals surface area (Å²) in [6, 6.07) is 12.4. The maximum atomic E-state index is 13.4. The highest BCUT2D eigenvalue weighted by Crippen LogP contribution is 2.50. The Morgan fingerprint density at radius 1 is 1.10 bits per heavy atom. The number of ketones is 1. The summed E-state index contributed by atoms with van der Waals surface area (Å²) in [6.45, 7) is 14.3. The van der Waals surface area contributed by atoms with E-state index in [1.54, 1.807) is 0 Å². The number of pyridine rings is 1. The van der Waals surface area contributed by atoms with Crippen molar-refractivity contribution in [1.29, 1.82) is 0 Å². The first-order chi connectivity index (χ1) is 23.2. The average molecular weight is 637 g/mol. The van der Waals surface area contributed by atoms with E-state index in [-0.39, 0.29) is 17.9 Å². The fourth-order valence-corrected chi connectivity index (χ4v) is 8.33. The van der Waals surface area contributed by atoms with E-state index < -0.39 is 0 Å². The van der Waals surface area contributed by atoms with Crippen molar-refractivity contribution < 1.29 is 9.59 Å². The third-order valence-electron chi connectivity index (χ3n) is 10.9. The number of Topliss-reactive ketones (excluding diaryl/α,β-unsaturated/α-hetero) is 1. The molecule has 2 N–H and O–H groups in total. The number of hydrogen-bond acceptors (Lipinski definition) is 5. The van der Waals surface area contributed by atoms with Gasteiger partial charge in [0.05, 0.1) is 29.5 Å². The minimum atomic E-state index is -0.115. The molecule has 2 aromatic carbocycles. The number of amides is 1. The van der Waals surface area contributed by atoms with Crippen LogP contribution in [-0.2, 0) is 29.0 Å². The van der Waals surface area contributed by atoms with Gasteiger partial charge >= 0.3 is 0 Å². The molecule has 7 rings (SSSR count). The fourth-order valence-electron chi connectivity index (χ4n) is 8.33. The molecule has 7 heteroatoms. The first-order valence-corrected chi connectivity index (χ1v) is 17.7. The number of rotatable bonds is 11. The molecule has 0 spiro atoms. The van der Waals surface area contributed by atoms with Crippen LogP contribution in [0.4, 0.5) is 0 Å². The lowest BCUT2D eigenvalue weighted by Crippen LogP contribution is -2.33. The van der Waals surface area contributed by atoms with Gasteiger partial charge in [0.25, 0.3) is 0 Å². The van der Waals surface area contributed by atoms with Crippen molar-refractivity contribution in [3.63, 3.8) is 0 Å². The van der Waals surface area contributed by atoms with Crippen LogP contribution in [0.15, 0.2) is 78.2 Å². The number of benzene rings is 2. The summed E-state index contributed by atoms with van der Waals surface area (Å²) in [6.07, 6.45) is 10.1. The van der Waals surface area contributed by atoms with Gasteiger partial charge in [0, 0.05) is 47.6 Å². The molecule has 2 atom stereocenters. The van der Waals surface area contributed by atoms with E-state index in [9.17, 15) is 9.59 Å². The Kier molecular flexibility index (Phi) is 8.89. The van der Waals surface area contributed by atoms with Crippen LogP contribution in [-0.4, -0.2) is 36.0 Å². The van der Waals surface area contributed by atoms with Crippen molar-refractivity contribution in [2.75, 3.05) is 6.54 Å². The van der Waals surface area contributed by atoms with Gasteiger partial charge in [-0.1, -0.05) is 61.4 Å². The average Bonchev–Trinajstić information content (AvgIpc) is 3.45. The minimum absolute atomic E-state index is 0.0617. The predicted octanol–water partition coefficient (Wildman–Crippen LogP) is 6.72. The van der Waals surface area contributed by atoms with Gasteiger partial charge < -0.3 is 15.5 Å². The number of hydrogen-bond donors (Lipinski definition) is 2. The van der Waals surface area contributed by atoms with Crippen molar-refractivity contribution in [3.05, 3.63) is 112 Å². The second-order valence-electron chi connectivity index (χ2n) is 13.9. The molecule has 0 saturated heterocycles. The second-order valence-corrected chi connectivity index (χ2v) is 13.9. The molecule has 0 fully saturated rings. The standard InChI is InChI=1S/C41H45BN4O2/c1-5-28-31-21-36-41-32(23-46(36)26(4)30(31)17-19-37(28)47)40-34(18-16-29-25(3)33(42)22-35(45-41)39(29)40)44-38(48)15-10-20-43-24(2)11-9-14-27-12-7-6-8-13-27/h6-8,12-13,21-22,28,34,43H,2,4-5,9-11,14-20,23H2,1,3H3,(H,44,48). The summed E-state index contributed by atoms with van der Waals surface area (Å²) in [5.74, 6) is 0.278. The second kappa shape index (κ2) is 13.3. The molecule has 2 aliphatic heterocycles. The molecule has 48 heavy (non-hydrogen) atoms. The van der Waals surface area contributed by atoms with Gasteiger partial charge in [0.1, 0.15) is 13.6 Å². The Bertz CT molecular complexity index is 1910. The largest absolute Gasteiger partial charge is 0.389 e. The Morgan fingerprint density at radius 2 is 1.92 bits per heavy atom. The summed E-state index contributed by atoms with van der Waals surface area (Å²) in [5, 5.41) is 7.99. The molecule has 1 aromatic heterocycles. The topological polar surface area (TPSA) is 74.3 Å². The van der Waals surface area contributed by atoms with Crippen molar-refractivity contribution in [2.24, 2.45) is 5.92 Å². The van der Waals surface area contributed by atoms with Crippen molar-refractivity contribution >= 4 is 41.6 Å². The first-order valence-electron chi connectivity index (χ1n) is 17.7. The van der Waals surface area contributed by atoms with Gasteiger partial charge in [-0.2, -0.15) is 0 Å². The number of fused-ring (bicyclic) bond motifs is 4. The number of allylic oxidation sites excluding steroid dienone is 4. The monoisotopic (exact) mass is 636 g/mol. The van der Waals surface area contributed by atoms with Crippen molar-refractivity contribution in [1.82, 2.24) is 20.5 Å². The molecule has 2 unspecified atom stereocenters. The quantitative estimate of drug-likeness (QED) is 0.181. The van der Waals surface area contributed by atoms with Gasteiger partial charge in [0.2, 0.25) is 5.91 Å². The molecule has 3 aromatic rings. The Labute approximate surface area is 285 Å². The highest BCUT2D eigenvalue weighted by Gasteiger charge is 2.41. The maximum Gasteiger partial charge on any atom is 0.220 e. The normalized spacial score (nSPS) is 19.5. The SMILES string of the molecule is [B]c1cc2nc3c(c4c2c(c1C)CCC4NC(=O)CCCNC(=C)CCCc1ccccc1)CN1C(=C)C2=C(C=C31)C(CC)C(=O)CC2. The number of aryl methyl sites for hydroxylation is 2. The maximum absolute atomic E-state index is 13.4. The smallest absolute Gasteiger partial charge is 0.220 e. The van der Waals surface area contributed by atoms with E-state index in [1.165, 1.54) is 22.3 Å². The summed E-state index contributed by atoms with van der Waals surface area (Å²) in [7, 11) is 6.53. The van der Waals surface area contributed by atoms with Crippen LogP contribution in [0.1, 0.15) is 97.8 Å². The zero-order valence-corrected chi connectivity index (χ0v) is 28.4. The van der Waals surface area contributed by atoms with E-state index in [0.717, 1.165) is 114 Å². The van der Waals surface area contributed by atoms with Gasteiger partial charge in [-0.3, -0.25) is 9.59 Å². The van der Waals surface area contributed by atoms with Crippen LogP contribution in [0.2, 0.25) is 0 Å². The van der Waals surface area contributed by atoms with E-state index >= 15 is 0 Å². The van der Waals surface area contributed by atoms with E-state index in [2.05, 4.69) is 72.9 Å². The third kappa shape index (κ3) is 5.82. The van der Waals surface area contributed by atoms with Crippen LogP contribution < -0.4 is 16.1 Å². The molecule has 0 saturated carbocycles. The summed E-state index contributed by atoms with van der Waals surface area (Å²) < 4.78 is 0. The molecule has 4 aliphatic rings. The Morgan fingerprint density at radius 3 is 2.71 bits per heavy atom. The van der Waals surface area contributed by atoms with Crippen LogP contribution in [0.3, 0.4) is 0 Å². The number of nitrogens with zero attached hydrogens (tertiary/aromatic N) is 2. The molecular formula is C41H45BN4O2. The molecule has 244 valence electrons. The summed E-state index contributed by atoms with van der Waals surface area (Å²) in [5.41, 5.74) is 13.9. The van der Waals surface area contributed by atoms with Gasteiger partial charge in [0.15, 0.2) is 0 Å². The highest BCUT2D eigenvalue weighted by atomic mass is 16.1. The molecular weight excluding hydrogens is 591 g/mol. The third-order valence-corrected chi connectivity index (χ3v) is 10.9. The van der Waals surface area contributed by atoms with Crippen molar-refractivity contribution in [2.45, 2.75) is 90.6 Å². The van der Waals surface area contributed by atoms with Gasteiger partial charge in [-0.15, -0.1) is 0 Å². The summed E-state index contributed by atoms with van der Waals surface area (Å²) >= 11 is 0. The molecule has 6 nitrogen and oxygen atoms in total. The first kappa shape index (κ1) is 32.2. The lowest BCUT2D eigenvalue weighted by atomic mass is 9.77. The lowest BCUT2D eigenvalue weighted by molar-refractivity contribution is -0.122. The van der Waals surface area contributed by atoms with Crippen molar-refractivity contribution in [3.8, 4) is 0 Å². The van der Waals surface area contributed by atoms with Crippen LogP contribution in [0, 0.1) is 12.8 Å². The number of nitrogens with one attached hydrogen (secondary N) is 2. The lowest BCUT2D eigenvalue weighted by Gasteiger charge is -2.35. The molecule has 1 amide bonds. The van der Waals surface area contributed by atoms with Crippen LogP contribution in [0.25, 0.3) is 16.6 Å². The predicted molar refractivity (Wildman–Crippen MR) is 195 cm³/mol. The van der Waals surface area contributed by atoms with Crippen LogP contribution >= 0.6 is 0 Å². The molecule has 3 heterocycles. The molecule has 0 bridgehead atoms. The highest BCUT2D eigenvalue weighted by molar-refractivity contribution is 6.34. The number of carbonyl (C=O) groups is 2. The molecule has 2 radical (unpaired) electrons. The van der Waals surface area contributed by atoms with Crippen LogP contribution in [0.5, 0.6) is 0 Å². The van der Waals surface area contributed by atoms with E-state index in [1.807, 2.05) is 12.1 Å². The zero-order chi connectivity index (χ0) is 33.5. The summed E-state index contributed by atoms with van der Waals surface area (Å²) in [4.78, 5) is 33.9. The van der Waals surface area contributed by atoms with Gasteiger partial charge in [-0.05, 0) is 98.3 Å². The van der Waals surface area contributed by atoms with Gasteiger partial charge in [-0.25, -0.2) is 4.98 Å². The van der Waals surface area contributed by atoms with E-state index in [4.69, 9.17) is 12.8 Å². The molecule has 2 aliphatic carbocycles. The zero-order valence-electron chi connectivity index (χ0n) is 28.4. The Balaban J connectivity index is 1.09. The Hall–Kier alpha value is -4.39. The minimum Gasteiger partial charge on any atom is -0.389 e.